The zero-order valence-electron chi connectivity index (χ0n) is 16.9. The number of imidazole rings is 1. The third-order valence-corrected chi connectivity index (χ3v) is 5.58. The number of rotatable bonds is 5. The summed E-state index contributed by atoms with van der Waals surface area (Å²) in [6, 6.07) is 9.69. The summed E-state index contributed by atoms with van der Waals surface area (Å²) in [5.41, 5.74) is 1.33. The maximum absolute atomic E-state index is 10.4. The molecule has 0 spiro atoms. The van der Waals surface area contributed by atoms with Crippen molar-refractivity contribution in [3.05, 3.63) is 53.4 Å². The molecule has 0 fully saturated rings. The van der Waals surface area contributed by atoms with Gasteiger partial charge in [0.05, 0.1) is 17.2 Å². The highest BCUT2D eigenvalue weighted by atomic mass is 35.5. The van der Waals surface area contributed by atoms with E-state index in [0.717, 1.165) is 22.5 Å². The van der Waals surface area contributed by atoms with Crippen molar-refractivity contribution in [3.8, 4) is 16.9 Å². The number of halogens is 1. The van der Waals surface area contributed by atoms with Crippen LogP contribution in [-0.4, -0.2) is 44.7 Å². The molecule has 1 aliphatic heterocycles. The average Bonchev–Trinajstić information content (AvgIpc) is 3.26. The first-order valence-electron chi connectivity index (χ1n) is 9.58. The van der Waals surface area contributed by atoms with Gasteiger partial charge in [-0.25, -0.2) is 9.98 Å². The van der Waals surface area contributed by atoms with Crippen molar-refractivity contribution in [2.24, 2.45) is 4.99 Å². The molecule has 1 N–H and O–H groups in total. The molecule has 3 aromatic rings. The van der Waals surface area contributed by atoms with Crippen molar-refractivity contribution in [1.82, 2.24) is 9.38 Å². The summed E-state index contributed by atoms with van der Waals surface area (Å²) in [6.07, 6.45) is 3.63. The standard InChI is InChI=1S/C22H24ClN3O3/c1-5-28-18-9-7-6-8-15(18)16-10-14(23)11-26-12-17(24-19(16)26)20-25-22(4,13-29-20)21(2,3)27/h6-12,27H,5,13H2,1-4H3. The normalized spacial score (nSPS) is 19.3. The molecule has 1 aromatic carbocycles. The number of para-hydroxylation sites is 1. The van der Waals surface area contributed by atoms with Gasteiger partial charge in [-0.2, -0.15) is 0 Å². The van der Waals surface area contributed by atoms with Gasteiger partial charge < -0.3 is 19.0 Å². The quantitative estimate of drug-likeness (QED) is 0.674. The second-order valence-corrected chi connectivity index (χ2v) is 8.33. The number of hydrogen-bond acceptors (Lipinski definition) is 5. The molecule has 0 saturated carbocycles. The van der Waals surface area contributed by atoms with Crippen LogP contribution in [0.25, 0.3) is 16.8 Å². The fourth-order valence-electron chi connectivity index (χ4n) is 3.28. The van der Waals surface area contributed by atoms with E-state index in [2.05, 4.69) is 4.99 Å². The van der Waals surface area contributed by atoms with E-state index in [1.807, 2.05) is 54.8 Å². The Morgan fingerprint density at radius 1 is 1.28 bits per heavy atom. The molecule has 0 radical (unpaired) electrons. The fraction of sp³-hybridized carbons (Fsp3) is 0.364. The first-order chi connectivity index (χ1) is 13.7. The predicted octanol–water partition coefficient (Wildman–Crippen LogP) is 4.36. The Kier molecular flexibility index (Phi) is 4.79. The van der Waals surface area contributed by atoms with Gasteiger partial charge in [-0.3, -0.25) is 0 Å². The number of aromatic nitrogens is 2. The Balaban J connectivity index is 1.85. The van der Waals surface area contributed by atoms with Crippen molar-refractivity contribution in [3.63, 3.8) is 0 Å². The highest BCUT2D eigenvalue weighted by Crippen LogP contribution is 2.36. The predicted molar refractivity (Wildman–Crippen MR) is 114 cm³/mol. The molecule has 1 aliphatic rings. The van der Waals surface area contributed by atoms with E-state index in [4.69, 9.17) is 26.1 Å². The van der Waals surface area contributed by atoms with Crippen LogP contribution >= 0.6 is 11.6 Å². The molecule has 0 amide bonds. The topological polar surface area (TPSA) is 68.4 Å². The van der Waals surface area contributed by atoms with Crippen molar-refractivity contribution in [2.45, 2.75) is 38.8 Å². The van der Waals surface area contributed by atoms with Gasteiger partial charge in [0.1, 0.15) is 29.2 Å². The van der Waals surface area contributed by atoms with Crippen LogP contribution in [0.2, 0.25) is 5.02 Å². The number of benzene rings is 1. The van der Waals surface area contributed by atoms with Gasteiger partial charge in [0.2, 0.25) is 5.90 Å². The highest BCUT2D eigenvalue weighted by Gasteiger charge is 2.45. The van der Waals surface area contributed by atoms with Gasteiger partial charge in [0.15, 0.2) is 0 Å². The van der Waals surface area contributed by atoms with Crippen LogP contribution in [0, 0.1) is 0 Å². The van der Waals surface area contributed by atoms with Crippen LogP contribution in [0.1, 0.15) is 33.4 Å². The Labute approximate surface area is 174 Å². The largest absolute Gasteiger partial charge is 0.493 e. The van der Waals surface area contributed by atoms with Crippen molar-refractivity contribution in [1.29, 1.82) is 0 Å². The second-order valence-electron chi connectivity index (χ2n) is 7.90. The zero-order chi connectivity index (χ0) is 20.8. The third kappa shape index (κ3) is 3.47. The molecule has 2 aromatic heterocycles. The zero-order valence-corrected chi connectivity index (χ0v) is 17.7. The van der Waals surface area contributed by atoms with Crippen molar-refractivity contribution >= 4 is 23.1 Å². The molecule has 6 nitrogen and oxygen atoms in total. The minimum Gasteiger partial charge on any atom is -0.493 e. The van der Waals surface area contributed by atoms with E-state index >= 15 is 0 Å². The number of aliphatic imine (C=N–C) groups is 1. The highest BCUT2D eigenvalue weighted by molar-refractivity contribution is 6.31. The van der Waals surface area contributed by atoms with Gasteiger partial charge in [0.25, 0.3) is 0 Å². The lowest BCUT2D eigenvalue weighted by Crippen LogP contribution is -2.47. The summed E-state index contributed by atoms with van der Waals surface area (Å²) in [6.45, 7) is 8.14. The Hall–Kier alpha value is -2.57. The van der Waals surface area contributed by atoms with Crippen LogP contribution in [-0.2, 0) is 4.74 Å². The molecule has 1 atom stereocenters. The maximum Gasteiger partial charge on any atom is 0.237 e. The maximum atomic E-state index is 10.4. The van der Waals surface area contributed by atoms with E-state index in [0.29, 0.717) is 29.8 Å². The van der Waals surface area contributed by atoms with E-state index in [1.165, 1.54) is 0 Å². The van der Waals surface area contributed by atoms with Gasteiger partial charge in [-0.1, -0.05) is 29.8 Å². The van der Waals surface area contributed by atoms with Crippen molar-refractivity contribution < 1.29 is 14.6 Å². The summed E-state index contributed by atoms with van der Waals surface area (Å²) in [5.74, 6) is 1.19. The molecule has 152 valence electrons. The van der Waals surface area contributed by atoms with Gasteiger partial charge >= 0.3 is 0 Å². The Morgan fingerprint density at radius 3 is 2.72 bits per heavy atom. The molecule has 0 aliphatic carbocycles. The molecular formula is C22H24ClN3O3. The summed E-state index contributed by atoms with van der Waals surface area (Å²) >= 11 is 6.39. The van der Waals surface area contributed by atoms with E-state index in [9.17, 15) is 5.11 Å². The monoisotopic (exact) mass is 413 g/mol. The number of fused-ring (bicyclic) bond motifs is 1. The second kappa shape index (κ2) is 7.04. The fourth-order valence-corrected chi connectivity index (χ4v) is 3.49. The van der Waals surface area contributed by atoms with E-state index in [1.54, 1.807) is 20.0 Å². The SMILES string of the molecule is CCOc1ccccc1-c1cc(Cl)cn2cc(C3=NC(C)(C(C)(C)O)CO3)nc12. The first-order valence-corrected chi connectivity index (χ1v) is 9.95. The molecule has 1 unspecified atom stereocenters. The minimum atomic E-state index is -1.02. The molecule has 7 heteroatoms. The van der Waals surface area contributed by atoms with Crippen LogP contribution in [0.15, 0.2) is 47.7 Å². The Bertz CT molecular complexity index is 1100. The first kappa shape index (κ1) is 19.7. The van der Waals surface area contributed by atoms with Crippen molar-refractivity contribution in [2.75, 3.05) is 13.2 Å². The summed E-state index contributed by atoms with van der Waals surface area (Å²) in [4.78, 5) is 9.41. The van der Waals surface area contributed by atoms with Crippen LogP contribution in [0.3, 0.4) is 0 Å². The van der Waals surface area contributed by atoms with Gasteiger partial charge in [-0.05, 0) is 39.8 Å². The Morgan fingerprint density at radius 2 is 2.03 bits per heavy atom. The van der Waals surface area contributed by atoms with Crippen LogP contribution in [0.4, 0.5) is 0 Å². The van der Waals surface area contributed by atoms with E-state index in [-0.39, 0.29) is 0 Å². The molecule has 0 saturated heterocycles. The number of hydrogen-bond donors (Lipinski definition) is 1. The lowest BCUT2D eigenvalue weighted by atomic mass is 9.86. The number of aliphatic hydroxyl groups is 1. The summed E-state index contributed by atoms with van der Waals surface area (Å²) in [5, 5.41) is 11.0. The minimum absolute atomic E-state index is 0.292. The van der Waals surface area contributed by atoms with Crippen LogP contribution in [0.5, 0.6) is 5.75 Å². The number of nitrogens with zero attached hydrogens (tertiary/aromatic N) is 3. The molecule has 3 heterocycles. The third-order valence-electron chi connectivity index (χ3n) is 5.37. The van der Waals surface area contributed by atoms with Crippen LogP contribution < -0.4 is 4.74 Å². The molecule has 4 rings (SSSR count). The summed E-state index contributed by atoms with van der Waals surface area (Å²) < 4.78 is 13.5. The van der Waals surface area contributed by atoms with Gasteiger partial charge in [0, 0.05) is 23.5 Å². The molecule has 0 bridgehead atoms. The lowest BCUT2D eigenvalue weighted by Gasteiger charge is -2.32. The number of ether oxygens (including phenoxy) is 2. The molecule has 29 heavy (non-hydrogen) atoms. The average molecular weight is 414 g/mol. The van der Waals surface area contributed by atoms with E-state index < -0.39 is 11.1 Å². The lowest BCUT2D eigenvalue weighted by molar-refractivity contribution is -0.00337. The number of pyridine rings is 1. The molecular weight excluding hydrogens is 390 g/mol. The van der Waals surface area contributed by atoms with Gasteiger partial charge in [-0.15, -0.1) is 0 Å². The smallest absolute Gasteiger partial charge is 0.237 e. The summed E-state index contributed by atoms with van der Waals surface area (Å²) in [7, 11) is 0.